The van der Waals surface area contributed by atoms with Crippen LogP contribution in [0.4, 0.5) is 0 Å². The van der Waals surface area contributed by atoms with Gasteiger partial charge >= 0.3 is 0 Å². The van der Waals surface area contributed by atoms with E-state index in [1.807, 2.05) is 170 Å². The van der Waals surface area contributed by atoms with Gasteiger partial charge in [-0.15, -0.1) is 0 Å². The molecule has 0 bridgehead atoms. The Labute approximate surface area is 359 Å². The third-order valence-electron chi connectivity index (χ3n) is 10.6. The van der Waals surface area contributed by atoms with Gasteiger partial charge in [-0.2, -0.15) is 5.26 Å². The first kappa shape index (κ1) is 37.5. The zero-order valence-electron chi connectivity index (χ0n) is 33.3. The maximum absolute atomic E-state index is 10.5. The molecule has 0 saturated carbocycles. The van der Waals surface area contributed by atoms with Crippen molar-refractivity contribution in [1.82, 2.24) is 29.9 Å². The molecule has 2 aromatic heterocycles. The van der Waals surface area contributed by atoms with E-state index in [1.165, 1.54) is 0 Å². The topological polar surface area (TPSA) is 101 Å². The van der Waals surface area contributed by atoms with Crippen molar-refractivity contribution in [1.29, 1.82) is 5.26 Å². The van der Waals surface area contributed by atoms with Crippen LogP contribution in [0.15, 0.2) is 212 Å². The summed E-state index contributed by atoms with van der Waals surface area (Å²) in [6, 6.07) is 73.0. The molecule has 0 aliphatic carbocycles. The lowest BCUT2D eigenvalue weighted by Gasteiger charge is -2.15. The molecule has 0 amide bonds. The molecule has 7 nitrogen and oxygen atoms in total. The third-order valence-corrected chi connectivity index (χ3v) is 10.6. The number of benzene rings is 8. The quantitative estimate of drug-likeness (QED) is 0.143. The van der Waals surface area contributed by atoms with Crippen molar-refractivity contribution in [2.75, 3.05) is 0 Å². The van der Waals surface area contributed by atoms with Gasteiger partial charge in [0, 0.05) is 38.9 Å². The van der Waals surface area contributed by atoms with Crippen LogP contribution in [0.3, 0.4) is 0 Å². The van der Waals surface area contributed by atoms with Crippen molar-refractivity contribution < 1.29 is 0 Å². The molecular weight excluding hydrogens is 759 g/mol. The lowest BCUT2D eigenvalue weighted by molar-refractivity contribution is 1.07. The van der Waals surface area contributed by atoms with Crippen LogP contribution in [0.2, 0.25) is 0 Å². The number of nitriles is 1. The second kappa shape index (κ2) is 16.9. The molecule has 290 valence electrons. The van der Waals surface area contributed by atoms with Gasteiger partial charge < -0.3 is 0 Å². The van der Waals surface area contributed by atoms with Crippen molar-refractivity contribution in [2.24, 2.45) is 0 Å². The first-order valence-corrected chi connectivity index (χ1v) is 20.3. The van der Waals surface area contributed by atoms with E-state index in [0.29, 0.717) is 40.5 Å². The standard InChI is InChI=1S/C55H35N7/c56-36-46-32-31-42(41-25-15-27-44(33-41)54-59-50(37-17-5-1-6-18-37)57-51(60-54)38-19-7-2-8-20-38)35-49(46)48-30-14-13-29-47(48)43-26-16-28-45(34-43)55-61-52(39-21-9-3-10-22-39)58-53(62-55)40-23-11-4-12-24-40/h1-35H. The number of rotatable bonds is 9. The molecule has 0 atom stereocenters. The maximum atomic E-state index is 10.5. The molecule has 0 spiro atoms. The van der Waals surface area contributed by atoms with E-state index in [2.05, 4.69) is 48.5 Å². The molecule has 0 aliphatic rings. The summed E-state index contributed by atoms with van der Waals surface area (Å²) in [5, 5.41) is 10.5. The Bertz CT molecular complexity index is 3120. The first-order chi connectivity index (χ1) is 30.7. The van der Waals surface area contributed by atoms with Crippen LogP contribution >= 0.6 is 0 Å². The van der Waals surface area contributed by atoms with Crippen molar-refractivity contribution in [3.63, 3.8) is 0 Å². The summed E-state index contributed by atoms with van der Waals surface area (Å²) in [7, 11) is 0. The lowest BCUT2D eigenvalue weighted by Crippen LogP contribution is -2.00. The Balaban J connectivity index is 1.04. The lowest BCUT2D eigenvalue weighted by atomic mass is 9.89. The molecule has 2 heterocycles. The van der Waals surface area contributed by atoms with Crippen molar-refractivity contribution in [3.8, 4) is 108 Å². The van der Waals surface area contributed by atoms with E-state index in [0.717, 1.165) is 66.8 Å². The molecule has 0 radical (unpaired) electrons. The fourth-order valence-corrected chi connectivity index (χ4v) is 7.55. The average molecular weight is 794 g/mol. The summed E-state index contributed by atoms with van der Waals surface area (Å²) in [4.78, 5) is 29.6. The van der Waals surface area contributed by atoms with Gasteiger partial charge in [-0.05, 0) is 52.1 Å². The number of aromatic nitrogens is 6. The van der Waals surface area contributed by atoms with Crippen molar-refractivity contribution in [3.05, 3.63) is 218 Å². The minimum atomic E-state index is 0.571. The van der Waals surface area contributed by atoms with E-state index in [4.69, 9.17) is 29.9 Å². The minimum absolute atomic E-state index is 0.571. The summed E-state index contributed by atoms with van der Waals surface area (Å²) in [5.41, 5.74) is 11.5. The summed E-state index contributed by atoms with van der Waals surface area (Å²) >= 11 is 0. The Morgan fingerprint density at radius 1 is 0.242 bits per heavy atom. The van der Waals surface area contributed by atoms with Gasteiger partial charge in [0.15, 0.2) is 34.9 Å². The van der Waals surface area contributed by atoms with Crippen LogP contribution in [0.1, 0.15) is 5.56 Å². The monoisotopic (exact) mass is 793 g/mol. The summed E-state index contributed by atoms with van der Waals surface area (Å²) in [6.07, 6.45) is 0. The zero-order valence-corrected chi connectivity index (χ0v) is 33.3. The van der Waals surface area contributed by atoms with Gasteiger partial charge in [-0.25, -0.2) is 29.9 Å². The van der Waals surface area contributed by atoms with E-state index >= 15 is 0 Å². The normalized spacial score (nSPS) is 10.9. The van der Waals surface area contributed by atoms with Crippen molar-refractivity contribution >= 4 is 0 Å². The fourth-order valence-electron chi connectivity index (χ4n) is 7.55. The highest BCUT2D eigenvalue weighted by Crippen LogP contribution is 2.38. The molecule has 62 heavy (non-hydrogen) atoms. The van der Waals surface area contributed by atoms with Crippen LogP contribution in [0, 0.1) is 11.3 Å². The first-order valence-electron chi connectivity index (χ1n) is 20.3. The van der Waals surface area contributed by atoms with Gasteiger partial charge in [-0.3, -0.25) is 0 Å². The van der Waals surface area contributed by atoms with E-state index in [1.54, 1.807) is 0 Å². The highest BCUT2D eigenvalue weighted by molar-refractivity contribution is 5.89. The molecule has 0 unspecified atom stereocenters. The molecule has 0 aliphatic heterocycles. The van der Waals surface area contributed by atoms with E-state index < -0.39 is 0 Å². The Kier molecular flexibility index (Phi) is 10.2. The second-order valence-electron chi connectivity index (χ2n) is 14.7. The Hall–Kier alpha value is -8.73. The van der Waals surface area contributed by atoms with E-state index in [-0.39, 0.29) is 0 Å². The van der Waals surface area contributed by atoms with Gasteiger partial charge in [-0.1, -0.05) is 188 Å². The largest absolute Gasteiger partial charge is 0.208 e. The van der Waals surface area contributed by atoms with E-state index in [9.17, 15) is 5.26 Å². The third kappa shape index (κ3) is 7.75. The zero-order chi connectivity index (χ0) is 41.7. The molecular formula is C55H35N7. The number of nitrogens with zero attached hydrogens (tertiary/aromatic N) is 7. The van der Waals surface area contributed by atoms with Gasteiger partial charge in [0.25, 0.3) is 0 Å². The van der Waals surface area contributed by atoms with Crippen LogP contribution in [0.5, 0.6) is 0 Å². The number of hydrogen-bond donors (Lipinski definition) is 0. The molecule has 0 fully saturated rings. The molecule has 0 saturated heterocycles. The van der Waals surface area contributed by atoms with Crippen LogP contribution in [-0.2, 0) is 0 Å². The smallest absolute Gasteiger partial charge is 0.164 e. The van der Waals surface area contributed by atoms with Crippen LogP contribution in [-0.4, -0.2) is 29.9 Å². The molecule has 10 rings (SSSR count). The van der Waals surface area contributed by atoms with Gasteiger partial charge in [0.2, 0.25) is 0 Å². The average Bonchev–Trinajstić information content (AvgIpc) is 3.37. The minimum Gasteiger partial charge on any atom is -0.208 e. The Morgan fingerprint density at radius 2 is 0.565 bits per heavy atom. The Morgan fingerprint density at radius 3 is 1.00 bits per heavy atom. The summed E-state index contributed by atoms with van der Waals surface area (Å²) in [5.74, 6) is 3.55. The summed E-state index contributed by atoms with van der Waals surface area (Å²) in [6.45, 7) is 0. The molecule has 8 aromatic carbocycles. The predicted octanol–water partition coefficient (Wildman–Crippen LogP) is 12.9. The van der Waals surface area contributed by atoms with Gasteiger partial charge in [0.1, 0.15) is 0 Å². The molecule has 10 aromatic rings. The van der Waals surface area contributed by atoms with Crippen LogP contribution in [0.25, 0.3) is 102 Å². The molecule has 0 N–H and O–H groups in total. The molecule has 7 heteroatoms. The predicted molar refractivity (Wildman–Crippen MR) is 247 cm³/mol. The highest BCUT2D eigenvalue weighted by atomic mass is 15.0. The summed E-state index contributed by atoms with van der Waals surface area (Å²) < 4.78 is 0. The SMILES string of the molecule is N#Cc1ccc(-c2cccc(-c3nc(-c4ccccc4)nc(-c4ccccc4)n3)c2)cc1-c1ccccc1-c1cccc(-c2nc(-c3ccccc3)nc(-c3ccccc3)n2)c1. The van der Waals surface area contributed by atoms with Crippen molar-refractivity contribution in [2.45, 2.75) is 0 Å². The fraction of sp³-hybridized carbons (Fsp3) is 0. The highest BCUT2D eigenvalue weighted by Gasteiger charge is 2.17. The van der Waals surface area contributed by atoms with Crippen LogP contribution < -0.4 is 0 Å². The number of hydrogen-bond acceptors (Lipinski definition) is 7. The van der Waals surface area contributed by atoms with Gasteiger partial charge in [0.05, 0.1) is 11.6 Å². The maximum Gasteiger partial charge on any atom is 0.164 e. The second-order valence-corrected chi connectivity index (χ2v) is 14.7.